The molecule has 0 radical (unpaired) electrons. The molecule has 1 aliphatic rings. The number of ether oxygens (including phenoxy) is 1. The summed E-state index contributed by atoms with van der Waals surface area (Å²) in [6.07, 6.45) is 2.45. The van der Waals surface area contributed by atoms with E-state index in [-0.39, 0.29) is 4.90 Å². The molecule has 112 valence electrons. The molecule has 1 heterocycles. The zero-order valence-corrected chi connectivity index (χ0v) is 12.4. The lowest BCUT2D eigenvalue weighted by Crippen LogP contribution is -2.26. The fourth-order valence-corrected chi connectivity index (χ4v) is 3.16. The van der Waals surface area contributed by atoms with Gasteiger partial charge in [0.2, 0.25) is 10.0 Å². The van der Waals surface area contributed by atoms with Gasteiger partial charge in [0.1, 0.15) is 17.3 Å². The van der Waals surface area contributed by atoms with Crippen molar-refractivity contribution >= 4 is 15.7 Å². The molecule has 0 bridgehead atoms. The predicted molar refractivity (Wildman–Crippen MR) is 78.3 cm³/mol. The minimum absolute atomic E-state index is 0.0846. The largest absolute Gasteiger partial charge is 0.491 e. The number of nitrogens with one attached hydrogen (secondary N) is 1. The van der Waals surface area contributed by atoms with Gasteiger partial charge in [0, 0.05) is 12.2 Å². The summed E-state index contributed by atoms with van der Waals surface area (Å²) < 4.78 is 31.8. The predicted octanol–water partition coefficient (Wildman–Crippen LogP) is 0.651. The molecule has 20 heavy (non-hydrogen) atoms. The fourth-order valence-electron chi connectivity index (χ4n) is 2.25. The molecule has 7 heteroatoms. The SMILES string of the molecule is CNS(=O)(=O)c1cc(N)ccc1OCCN1CCCC1. The van der Waals surface area contributed by atoms with Gasteiger partial charge < -0.3 is 10.5 Å². The van der Waals surface area contributed by atoms with Crippen molar-refractivity contribution in [3.05, 3.63) is 18.2 Å². The van der Waals surface area contributed by atoms with Crippen molar-refractivity contribution in [3.8, 4) is 5.75 Å². The Morgan fingerprint density at radius 1 is 1.35 bits per heavy atom. The molecule has 0 aliphatic carbocycles. The Kier molecular flexibility index (Phi) is 4.85. The molecule has 0 saturated carbocycles. The lowest BCUT2D eigenvalue weighted by molar-refractivity contribution is 0.234. The molecule has 0 amide bonds. The molecule has 1 aromatic rings. The van der Waals surface area contributed by atoms with Crippen molar-refractivity contribution < 1.29 is 13.2 Å². The van der Waals surface area contributed by atoms with Crippen LogP contribution in [0, 0.1) is 0 Å². The number of hydrogen-bond donors (Lipinski definition) is 2. The van der Waals surface area contributed by atoms with E-state index in [0.717, 1.165) is 19.6 Å². The number of nitrogens with zero attached hydrogens (tertiary/aromatic N) is 1. The van der Waals surface area contributed by atoms with Crippen LogP contribution in [0.4, 0.5) is 5.69 Å². The Hall–Kier alpha value is -1.31. The quantitative estimate of drug-likeness (QED) is 0.754. The van der Waals surface area contributed by atoms with Gasteiger partial charge in [-0.05, 0) is 51.2 Å². The third-order valence-electron chi connectivity index (χ3n) is 3.39. The Morgan fingerprint density at radius 3 is 2.70 bits per heavy atom. The number of benzene rings is 1. The highest BCUT2D eigenvalue weighted by molar-refractivity contribution is 7.89. The van der Waals surface area contributed by atoms with Crippen LogP contribution < -0.4 is 15.2 Å². The van der Waals surface area contributed by atoms with Crippen molar-refractivity contribution in [3.63, 3.8) is 0 Å². The van der Waals surface area contributed by atoms with Crippen molar-refractivity contribution in [1.82, 2.24) is 9.62 Å². The van der Waals surface area contributed by atoms with E-state index in [9.17, 15) is 8.42 Å². The van der Waals surface area contributed by atoms with Crippen LogP contribution in [0.5, 0.6) is 5.75 Å². The second-order valence-electron chi connectivity index (χ2n) is 4.81. The average molecular weight is 299 g/mol. The van der Waals surface area contributed by atoms with Crippen LogP contribution in [-0.2, 0) is 10.0 Å². The van der Waals surface area contributed by atoms with Crippen LogP contribution in [0.25, 0.3) is 0 Å². The molecule has 0 spiro atoms. The normalized spacial score (nSPS) is 16.4. The third-order valence-corrected chi connectivity index (χ3v) is 4.83. The van der Waals surface area contributed by atoms with Crippen molar-refractivity contribution in [1.29, 1.82) is 0 Å². The van der Waals surface area contributed by atoms with Gasteiger partial charge in [-0.15, -0.1) is 0 Å². The van der Waals surface area contributed by atoms with E-state index in [1.54, 1.807) is 12.1 Å². The van der Waals surface area contributed by atoms with Crippen molar-refractivity contribution in [2.45, 2.75) is 17.7 Å². The number of nitrogen functional groups attached to an aromatic ring is 1. The van der Waals surface area contributed by atoms with E-state index < -0.39 is 10.0 Å². The smallest absolute Gasteiger partial charge is 0.244 e. The van der Waals surface area contributed by atoms with E-state index >= 15 is 0 Å². The first-order valence-electron chi connectivity index (χ1n) is 6.71. The molecular formula is C13H21N3O3S. The van der Waals surface area contributed by atoms with Crippen molar-refractivity contribution in [2.24, 2.45) is 0 Å². The topological polar surface area (TPSA) is 84.7 Å². The summed E-state index contributed by atoms with van der Waals surface area (Å²) in [6, 6.07) is 4.65. The lowest BCUT2D eigenvalue weighted by Gasteiger charge is -2.16. The number of sulfonamides is 1. The van der Waals surface area contributed by atoms with Gasteiger partial charge in [0.25, 0.3) is 0 Å². The third kappa shape index (κ3) is 3.62. The zero-order valence-electron chi connectivity index (χ0n) is 11.6. The first-order valence-corrected chi connectivity index (χ1v) is 8.19. The van der Waals surface area contributed by atoms with Crippen LogP contribution in [0.3, 0.4) is 0 Å². The summed E-state index contributed by atoms with van der Waals surface area (Å²) in [4.78, 5) is 2.39. The standard InChI is InChI=1S/C13H21N3O3S/c1-15-20(17,18)13-10-11(14)4-5-12(13)19-9-8-16-6-2-3-7-16/h4-5,10,15H,2-3,6-9,14H2,1H3. The van der Waals surface area contributed by atoms with Gasteiger partial charge in [0.15, 0.2) is 0 Å². The molecule has 6 nitrogen and oxygen atoms in total. The van der Waals surface area contributed by atoms with Gasteiger partial charge in [-0.1, -0.05) is 0 Å². The number of likely N-dealkylation sites (tertiary alicyclic amines) is 1. The summed E-state index contributed by atoms with van der Waals surface area (Å²) in [5.74, 6) is 0.341. The maximum absolute atomic E-state index is 11.9. The Morgan fingerprint density at radius 2 is 2.05 bits per heavy atom. The number of rotatable bonds is 6. The van der Waals surface area contributed by atoms with Gasteiger partial charge in [-0.25, -0.2) is 13.1 Å². The molecule has 2 rings (SSSR count). The average Bonchev–Trinajstić information content (AvgIpc) is 2.93. The minimum Gasteiger partial charge on any atom is -0.491 e. The fraction of sp³-hybridized carbons (Fsp3) is 0.538. The summed E-state index contributed by atoms with van der Waals surface area (Å²) in [5.41, 5.74) is 6.05. The second-order valence-corrected chi connectivity index (χ2v) is 6.67. The molecule has 1 saturated heterocycles. The molecule has 0 unspecified atom stereocenters. The molecular weight excluding hydrogens is 278 g/mol. The van der Waals surface area contributed by atoms with E-state index in [1.807, 2.05) is 0 Å². The second kappa shape index (κ2) is 6.43. The number of anilines is 1. The van der Waals surface area contributed by atoms with E-state index in [0.29, 0.717) is 18.0 Å². The van der Waals surface area contributed by atoms with Crippen LogP contribution >= 0.6 is 0 Å². The lowest BCUT2D eigenvalue weighted by atomic mass is 10.3. The van der Waals surface area contributed by atoms with E-state index in [2.05, 4.69) is 9.62 Å². The maximum atomic E-state index is 11.9. The first-order chi connectivity index (χ1) is 9.53. The highest BCUT2D eigenvalue weighted by atomic mass is 32.2. The Labute approximate surface area is 120 Å². The van der Waals surface area contributed by atoms with Gasteiger partial charge in [-0.2, -0.15) is 0 Å². The number of hydrogen-bond acceptors (Lipinski definition) is 5. The summed E-state index contributed by atoms with van der Waals surface area (Å²) in [5, 5.41) is 0. The van der Waals surface area contributed by atoms with Gasteiger partial charge in [0.05, 0.1) is 0 Å². The molecule has 3 N–H and O–H groups in total. The van der Waals surface area contributed by atoms with Crippen LogP contribution in [0.15, 0.2) is 23.1 Å². The highest BCUT2D eigenvalue weighted by Crippen LogP contribution is 2.26. The van der Waals surface area contributed by atoms with Crippen LogP contribution in [-0.4, -0.2) is 46.6 Å². The van der Waals surface area contributed by atoms with Gasteiger partial charge >= 0.3 is 0 Å². The zero-order chi connectivity index (χ0) is 14.6. The molecule has 0 aromatic heterocycles. The molecule has 1 aromatic carbocycles. The summed E-state index contributed by atoms with van der Waals surface area (Å²) >= 11 is 0. The monoisotopic (exact) mass is 299 g/mol. The van der Waals surface area contributed by atoms with E-state index in [1.165, 1.54) is 26.0 Å². The number of nitrogens with two attached hydrogens (primary N) is 1. The van der Waals surface area contributed by atoms with Crippen LogP contribution in [0.1, 0.15) is 12.8 Å². The first kappa shape index (κ1) is 15.1. The minimum atomic E-state index is -3.57. The van der Waals surface area contributed by atoms with Crippen molar-refractivity contribution in [2.75, 3.05) is 39.0 Å². The highest BCUT2D eigenvalue weighted by Gasteiger charge is 2.19. The summed E-state index contributed by atoms with van der Waals surface area (Å²) in [7, 11) is -2.20. The summed E-state index contributed by atoms with van der Waals surface area (Å²) in [6.45, 7) is 3.46. The van der Waals surface area contributed by atoms with Crippen LogP contribution in [0.2, 0.25) is 0 Å². The Bertz CT molecular complexity index is 554. The molecule has 0 atom stereocenters. The van der Waals surface area contributed by atoms with E-state index in [4.69, 9.17) is 10.5 Å². The van der Waals surface area contributed by atoms with Gasteiger partial charge in [-0.3, -0.25) is 4.90 Å². The maximum Gasteiger partial charge on any atom is 0.244 e. The Balaban J connectivity index is 2.06. The molecule has 1 aliphatic heterocycles. The molecule has 1 fully saturated rings.